The molecule has 0 saturated carbocycles. The Morgan fingerprint density at radius 2 is 2.00 bits per heavy atom. The predicted octanol–water partition coefficient (Wildman–Crippen LogP) is 1.42. The Hall–Kier alpha value is -1.43. The van der Waals surface area contributed by atoms with Crippen molar-refractivity contribution in [3.05, 3.63) is 54.5 Å². The molecule has 1 aromatic heterocycles. The van der Waals surface area contributed by atoms with Crippen LogP contribution in [0.5, 0.6) is 0 Å². The highest BCUT2D eigenvalue weighted by Crippen LogP contribution is 2.26. The standard InChI is InChI=1S/C13H15N3OS/c14-13(9-17,11-4-2-1-3-5-11)10-18-12-8-15-6-7-16-12/h1-8,17H,9-10,14H2. The fourth-order valence-electron chi connectivity index (χ4n) is 1.55. The first-order valence-electron chi connectivity index (χ1n) is 5.59. The van der Waals surface area contributed by atoms with E-state index in [1.165, 1.54) is 11.8 Å². The Morgan fingerprint density at radius 3 is 2.61 bits per heavy atom. The molecule has 0 aliphatic carbocycles. The third kappa shape index (κ3) is 3.07. The lowest BCUT2D eigenvalue weighted by Crippen LogP contribution is -2.43. The average Bonchev–Trinajstić information content (AvgIpc) is 2.47. The van der Waals surface area contributed by atoms with Crippen LogP contribution in [0.1, 0.15) is 5.56 Å². The number of benzene rings is 1. The monoisotopic (exact) mass is 261 g/mol. The first-order chi connectivity index (χ1) is 8.74. The molecule has 1 atom stereocenters. The summed E-state index contributed by atoms with van der Waals surface area (Å²) >= 11 is 1.49. The summed E-state index contributed by atoms with van der Waals surface area (Å²) in [6.45, 7) is -0.107. The van der Waals surface area contributed by atoms with Gasteiger partial charge in [-0.15, -0.1) is 11.8 Å². The van der Waals surface area contributed by atoms with Crippen LogP contribution >= 0.6 is 11.8 Å². The van der Waals surface area contributed by atoms with Gasteiger partial charge in [-0.3, -0.25) is 4.98 Å². The fraction of sp³-hybridized carbons (Fsp3) is 0.231. The minimum Gasteiger partial charge on any atom is -0.394 e. The van der Waals surface area contributed by atoms with Gasteiger partial charge in [-0.05, 0) is 5.56 Å². The summed E-state index contributed by atoms with van der Waals surface area (Å²) in [6.07, 6.45) is 4.96. The minimum atomic E-state index is -0.760. The lowest BCUT2D eigenvalue weighted by atomic mass is 9.94. The number of hydrogen-bond donors (Lipinski definition) is 2. The van der Waals surface area contributed by atoms with E-state index in [9.17, 15) is 5.11 Å². The topological polar surface area (TPSA) is 72.0 Å². The second-order valence-electron chi connectivity index (χ2n) is 4.01. The molecule has 0 saturated heterocycles. The van der Waals surface area contributed by atoms with E-state index in [1.54, 1.807) is 18.6 Å². The van der Waals surface area contributed by atoms with Gasteiger partial charge in [-0.2, -0.15) is 0 Å². The van der Waals surface area contributed by atoms with Crippen LogP contribution in [0.15, 0.2) is 53.9 Å². The van der Waals surface area contributed by atoms with Gasteiger partial charge in [0.05, 0.1) is 18.3 Å². The Labute approximate surface area is 110 Å². The van der Waals surface area contributed by atoms with Crippen molar-refractivity contribution in [2.45, 2.75) is 10.6 Å². The first-order valence-corrected chi connectivity index (χ1v) is 6.57. The summed E-state index contributed by atoms with van der Waals surface area (Å²) in [5.41, 5.74) is 6.41. The molecule has 2 aromatic rings. The second-order valence-corrected chi connectivity index (χ2v) is 5.01. The SMILES string of the molecule is NC(CO)(CSc1cnccn1)c1ccccc1. The molecule has 0 radical (unpaired) electrons. The number of thioether (sulfide) groups is 1. The van der Waals surface area contributed by atoms with Crippen molar-refractivity contribution < 1.29 is 5.11 Å². The van der Waals surface area contributed by atoms with Crippen molar-refractivity contribution in [3.8, 4) is 0 Å². The van der Waals surface area contributed by atoms with Gasteiger partial charge < -0.3 is 10.8 Å². The van der Waals surface area contributed by atoms with Gasteiger partial charge in [0.25, 0.3) is 0 Å². The molecule has 18 heavy (non-hydrogen) atoms. The molecule has 0 amide bonds. The van der Waals surface area contributed by atoms with Gasteiger partial charge in [0.2, 0.25) is 0 Å². The molecule has 1 aromatic carbocycles. The molecular formula is C13H15N3OS. The van der Waals surface area contributed by atoms with Crippen LogP contribution in [0.2, 0.25) is 0 Å². The predicted molar refractivity (Wildman–Crippen MR) is 72.1 cm³/mol. The Morgan fingerprint density at radius 1 is 1.22 bits per heavy atom. The first kappa shape index (κ1) is 13.0. The van der Waals surface area contributed by atoms with E-state index in [0.29, 0.717) is 5.75 Å². The second kappa shape index (κ2) is 5.95. The van der Waals surface area contributed by atoms with E-state index in [2.05, 4.69) is 9.97 Å². The molecule has 94 valence electrons. The lowest BCUT2D eigenvalue weighted by molar-refractivity contribution is 0.213. The van der Waals surface area contributed by atoms with E-state index >= 15 is 0 Å². The molecule has 0 aliphatic heterocycles. The maximum Gasteiger partial charge on any atom is 0.114 e. The highest BCUT2D eigenvalue weighted by atomic mass is 32.2. The summed E-state index contributed by atoms with van der Waals surface area (Å²) in [5, 5.41) is 10.3. The van der Waals surface area contributed by atoms with Crippen LogP contribution < -0.4 is 5.73 Å². The average molecular weight is 261 g/mol. The molecule has 1 unspecified atom stereocenters. The molecule has 4 nitrogen and oxygen atoms in total. The zero-order chi connectivity index (χ0) is 12.8. The Bertz CT molecular complexity index is 480. The maximum absolute atomic E-state index is 9.54. The van der Waals surface area contributed by atoms with Crippen LogP contribution in [-0.4, -0.2) is 27.4 Å². The van der Waals surface area contributed by atoms with Crippen molar-refractivity contribution in [2.24, 2.45) is 5.73 Å². The quantitative estimate of drug-likeness (QED) is 0.796. The van der Waals surface area contributed by atoms with Gasteiger partial charge in [0.15, 0.2) is 0 Å². The maximum atomic E-state index is 9.54. The van der Waals surface area contributed by atoms with Crippen LogP contribution in [0.4, 0.5) is 0 Å². The zero-order valence-electron chi connectivity index (χ0n) is 9.86. The van der Waals surface area contributed by atoms with Crippen molar-refractivity contribution >= 4 is 11.8 Å². The fourth-order valence-corrected chi connectivity index (χ4v) is 2.49. The van der Waals surface area contributed by atoms with Gasteiger partial charge >= 0.3 is 0 Å². The van der Waals surface area contributed by atoms with Crippen molar-refractivity contribution in [1.29, 1.82) is 0 Å². The number of rotatable bonds is 5. The number of nitrogens with zero attached hydrogens (tertiary/aromatic N) is 2. The number of nitrogens with two attached hydrogens (primary N) is 1. The molecule has 0 aliphatic rings. The number of aromatic nitrogens is 2. The lowest BCUT2D eigenvalue weighted by Gasteiger charge is -2.27. The normalized spacial score (nSPS) is 14.1. The molecule has 0 spiro atoms. The summed E-state index contributed by atoms with van der Waals surface area (Å²) in [5.74, 6) is 0.548. The molecule has 0 bridgehead atoms. The van der Waals surface area contributed by atoms with Crippen molar-refractivity contribution in [2.75, 3.05) is 12.4 Å². The van der Waals surface area contributed by atoms with Crippen LogP contribution in [0.25, 0.3) is 0 Å². The third-order valence-corrected chi connectivity index (χ3v) is 3.81. The molecule has 5 heteroatoms. The van der Waals surface area contributed by atoms with E-state index in [0.717, 1.165) is 10.6 Å². The van der Waals surface area contributed by atoms with Crippen molar-refractivity contribution in [3.63, 3.8) is 0 Å². The largest absolute Gasteiger partial charge is 0.394 e. The zero-order valence-corrected chi connectivity index (χ0v) is 10.7. The Balaban J connectivity index is 2.10. The molecule has 3 N–H and O–H groups in total. The molecule has 1 heterocycles. The highest BCUT2D eigenvalue weighted by Gasteiger charge is 2.26. The van der Waals surface area contributed by atoms with E-state index in [1.807, 2.05) is 30.3 Å². The number of aliphatic hydroxyl groups is 1. The van der Waals surface area contributed by atoms with Crippen LogP contribution in [-0.2, 0) is 5.54 Å². The van der Waals surface area contributed by atoms with Crippen LogP contribution in [0, 0.1) is 0 Å². The summed E-state index contributed by atoms with van der Waals surface area (Å²) in [6, 6.07) is 9.61. The number of aliphatic hydroxyl groups excluding tert-OH is 1. The van der Waals surface area contributed by atoms with Gasteiger partial charge in [0, 0.05) is 18.1 Å². The van der Waals surface area contributed by atoms with Gasteiger partial charge in [-0.25, -0.2) is 4.98 Å². The van der Waals surface area contributed by atoms with E-state index in [-0.39, 0.29) is 6.61 Å². The summed E-state index contributed by atoms with van der Waals surface area (Å²) < 4.78 is 0. The molecular weight excluding hydrogens is 246 g/mol. The molecule has 0 fully saturated rings. The van der Waals surface area contributed by atoms with E-state index in [4.69, 9.17) is 5.73 Å². The Kier molecular flexibility index (Phi) is 4.30. The summed E-state index contributed by atoms with van der Waals surface area (Å²) in [7, 11) is 0. The summed E-state index contributed by atoms with van der Waals surface area (Å²) in [4.78, 5) is 8.17. The smallest absolute Gasteiger partial charge is 0.114 e. The van der Waals surface area contributed by atoms with Crippen LogP contribution in [0.3, 0.4) is 0 Å². The number of hydrogen-bond acceptors (Lipinski definition) is 5. The minimum absolute atomic E-state index is 0.107. The van der Waals surface area contributed by atoms with E-state index < -0.39 is 5.54 Å². The third-order valence-electron chi connectivity index (χ3n) is 2.65. The highest BCUT2D eigenvalue weighted by molar-refractivity contribution is 7.99. The van der Waals surface area contributed by atoms with Crippen molar-refractivity contribution in [1.82, 2.24) is 9.97 Å². The van der Waals surface area contributed by atoms with Gasteiger partial charge in [0.1, 0.15) is 5.03 Å². The molecule has 2 rings (SSSR count). The van der Waals surface area contributed by atoms with Gasteiger partial charge in [-0.1, -0.05) is 30.3 Å².